The van der Waals surface area contributed by atoms with Gasteiger partial charge in [0.15, 0.2) is 11.5 Å². The number of carbonyl (C=O) groups is 1. The largest absolute Gasteiger partial charge is 0.493 e. The molecule has 3 rings (SSSR count). The van der Waals surface area contributed by atoms with E-state index in [1.165, 1.54) is 41.0 Å². The molecule has 0 saturated heterocycles. The average Bonchev–Trinajstić information content (AvgIpc) is 3.00. The van der Waals surface area contributed by atoms with Gasteiger partial charge in [0.1, 0.15) is 4.88 Å². The number of carbonyl (C=O) groups excluding carboxylic acids is 1. The molecule has 2 aromatic rings. The molecule has 1 aliphatic carbocycles. The Morgan fingerprint density at radius 3 is 2.78 bits per heavy atom. The van der Waals surface area contributed by atoms with Crippen molar-refractivity contribution in [2.24, 2.45) is 0 Å². The van der Waals surface area contributed by atoms with E-state index in [-0.39, 0.29) is 16.5 Å². The van der Waals surface area contributed by atoms with Crippen LogP contribution in [0, 0.1) is 11.3 Å². The number of nitriles is 1. The van der Waals surface area contributed by atoms with Crippen LogP contribution in [0.2, 0.25) is 5.02 Å². The first-order valence-corrected chi connectivity index (χ1v) is 8.43. The van der Waals surface area contributed by atoms with Crippen LogP contribution < -0.4 is 9.47 Å². The molecule has 0 amide bonds. The summed E-state index contributed by atoms with van der Waals surface area (Å²) in [5.41, 5.74) is 1.59. The number of hydrogen-bond donors (Lipinski definition) is 0. The van der Waals surface area contributed by atoms with Gasteiger partial charge in [-0.15, -0.1) is 11.3 Å². The molecule has 23 heavy (non-hydrogen) atoms. The van der Waals surface area contributed by atoms with Gasteiger partial charge in [0.25, 0.3) is 0 Å². The molecule has 0 bridgehead atoms. The molecule has 118 valence electrons. The molecule has 0 N–H and O–H groups in total. The number of hydrogen-bond acceptors (Lipinski definition) is 5. The van der Waals surface area contributed by atoms with E-state index in [0.29, 0.717) is 10.4 Å². The number of ether oxygens (including phenoxy) is 2. The number of rotatable bonds is 3. The summed E-state index contributed by atoms with van der Waals surface area (Å²) in [6, 6.07) is 6.84. The quantitative estimate of drug-likeness (QED) is 0.610. The van der Waals surface area contributed by atoms with Crippen LogP contribution in [0.3, 0.4) is 0 Å². The second-order valence-corrected chi connectivity index (χ2v) is 6.80. The van der Waals surface area contributed by atoms with Gasteiger partial charge in [-0.1, -0.05) is 11.6 Å². The fraction of sp³-hybridized carbons (Fsp3) is 0.294. The number of esters is 1. The van der Waals surface area contributed by atoms with Gasteiger partial charge in [0.05, 0.1) is 23.8 Å². The minimum absolute atomic E-state index is 0.143. The number of benzene rings is 1. The molecule has 0 spiro atoms. The molecule has 1 aliphatic rings. The van der Waals surface area contributed by atoms with E-state index in [2.05, 4.69) is 0 Å². The number of nitrogens with zero attached hydrogens (tertiary/aromatic N) is 1. The van der Waals surface area contributed by atoms with Crippen molar-refractivity contribution in [3.8, 4) is 17.6 Å². The second kappa shape index (κ2) is 6.61. The van der Waals surface area contributed by atoms with E-state index in [9.17, 15) is 4.79 Å². The molecule has 0 radical (unpaired) electrons. The molecule has 0 saturated carbocycles. The van der Waals surface area contributed by atoms with Crippen LogP contribution in [-0.2, 0) is 12.8 Å². The Hall–Kier alpha value is -2.03. The van der Waals surface area contributed by atoms with E-state index in [4.69, 9.17) is 26.3 Å². The van der Waals surface area contributed by atoms with Gasteiger partial charge < -0.3 is 9.47 Å². The number of aryl methyl sites for hydroxylation is 2. The van der Waals surface area contributed by atoms with Crippen LogP contribution in [0.5, 0.6) is 11.5 Å². The zero-order chi connectivity index (χ0) is 16.4. The number of halogens is 1. The fourth-order valence-electron chi connectivity index (χ4n) is 2.62. The molecular formula is C17H14ClNO3S. The van der Waals surface area contributed by atoms with Gasteiger partial charge in [0.2, 0.25) is 0 Å². The summed E-state index contributed by atoms with van der Waals surface area (Å²) in [4.78, 5) is 14.2. The van der Waals surface area contributed by atoms with E-state index >= 15 is 0 Å². The third-order valence-corrected chi connectivity index (χ3v) is 5.25. The zero-order valence-electron chi connectivity index (χ0n) is 12.5. The first-order valence-electron chi connectivity index (χ1n) is 7.23. The van der Waals surface area contributed by atoms with Crippen molar-refractivity contribution in [2.45, 2.75) is 25.7 Å². The predicted octanol–water partition coefficient (Wildman–Crippen LogP) is 4.38. The first-order chi connectivity index (χ1) is 11.1. The number of fused-ring (bicyclic) bond motifs is 1. The number of thiophene rings is 1. The van der Waals surface area contributed by atoms with Gasteiger partial charge in [-0.2, -0.15) is 5.26 Å². The molecule has 6 heteroatoms. The predicted molar refractivity (Wildman–Crippen MR) is 88.6 cm³/mol. The normalized spacial score (nSPS) is 13.1. The molecule has 0 fully saturated rings. The highest BCUT2D eigenvalue weighted by Gasteiger charge is 2.21. The molecule has 4 nitrogen and oxygen atoms in total. The van der Waals surface area contributed by atoms with E-state index in [0.717, 1.165) is 25.7 Å². The maximum Gasteiger partial charge on any atom is 0.353 e. The Morgan fingerprint density at radius 1 is 1.30 bits per heavy atom. The lowest BCUT2D eigenvalue weighted by Crippen LogP contribution is -2.08. The van der Waals surface area contributed by atoms with Gasteiger partial charge in [0, 0.05) is 10.9 Å². The monoisotopic (exact) mass is 347 g/mol. The third-order valence-electron chi connectivity index (χ3n) is 3.75. The maximum absolute atomic E-state index is 12.4. The summed E-state index contributed by atoms with van der Waals surface area (Å²) in [6.45, 7) is 0. The van der Waals surface area contributed by atoms with Crippen molar-refractivity contribution >= 4 is 28.9 Å². The van der Waals surface area contributed by atoms with E-state index in [1.807, 2.05) is 12.1 Å². The first kappa shape index (κ1) is 15.9. The van der Waals surface area contributed by atoms with Gasteiger partial charge >= 0.3 is 5.97 Å². The lowest BCUT2D eigenvalue weighted by Gasteiger charge is -2.10. The molecule has 0 aliphatic heterocycles. The van der Waals surface area contributed by atoms with Gasteiger partial charge in [-0.25, -0.2) is 4.79 Å². The lowest BCUT2D eigenvalue weighted by molar-refractivity contribution is 0.0735. The van der Waals surface area contributed by atoms with Crippen LogP contribution in [-0.4, -0.2) is 13.1 Å². The highest BCUT2D eigenvalue weighted by molar-refractivity contribution is 7.14. The zero-order valence-corrected chi connectivity index (χ0v) is 14.1. The SMILES string of the molecule is COc1cc(C#N)cc(Cl)c1OC(=O)c1cc2c(s1)CCCC2. The summed E-state index contributed by atoms with van der Waals surface area (Å²) in [7, 11) is 1.44. The number of methoxy groups -OCH3 is 1. The van der Waals surface area contributed by atoms with E-state index in [1.54, 1.807) is 0 Å². The van der Waals surface area contributed by atoms with Crippen LogP contribution in [0.1, 0.15) is 38.5 Å². The third kappa shape index (κ3) is 3.19. The Labute approximate surface area is 143 Å². The standard InChI is InChI=1S/C17H14ClNO3S/c1-21-13-7-10(9-19)6-12(18)16(13)22-17(20)15-8-11-4-2-3-5-14(11)23-15/h6-8H,2-5H2,1H3. The van der Waals surface area contributed by atoms with Gasteiger partial charge in [-0.05, 0) is 43.4 Å². The van der Waals surface area contributed by atoms with Gasteiger partial charge in [-0.3, -0.25) is 0 Å². The van der Waals surface area contributed by atoms with Crippen molar-refractivity contribution in [3.05, 3.63) is 44.1 Å². The average molecular weight is 348 g/mol. The summed E-state index contributed by atoms with van der Waals surface area (Å²) in [5.74, 6) is -0.0393. The summed E-state index contributed by atoms with van der Waals surface area (Å²) >= 11 is 7.60. The second-order valence-electron chi connectivity index (χ2n) is 5.26. The van der Waals surface area contributed by atoms with Crippen molar-refractivity contribution < 1.29 is 14.3 Å². The molecule has 1 aromatic heterocycles. The Morgan fingerprint density at radius 2 is 2.09 bits per heavy atom. The summed E-state index contributed by atoms with van der Waals surface area (Å²) < 4.78 is 10.6. The molecule has 0 atom stereocenters. The van der Waals surface area contributed by atoms with Crippen LogP contribution in [0.4, 0.5) is 0 Å². The Bertz CT molecular complexity index is 783. The topological polar surface area (TPSA) is 59.3 Å². The molecule has 0 unspecified atom stereocenters. The smallest absolute Gasteiger partial charge is 0.353 e. The minimum atomic E-state index is -0.450. The van der Waals surface area contributed by atoms with E-state index < -0.39 is 5.97 Å². The maximum atomic E-state index is 12.4. The Balaban J connectivity index is 1.88. The fourth-order valence-corrected chi connectivity index (χ4v) is 4.00. The highest BCUT2D eigenvalue weighted by atomic mass is 35.5. The minimum Gasteiger partial charge on any atom is -0.493 e. The lowest BCUT2D eigenvalue weighted by atomic mass is 9.99. The van der Waals surface area contributed by atoms with Crippen LogP contribution in [0.25, 0.3) is 0 Å². The van der Waals surface area contributed by atoms with Crippen molar-refractivity contribution in [3.63, 3.8) is 0 Å². The highest BCUT2D eigenvalue weighted by Crippen LogP contribution is 2.37. The van der Waals surface area contributed by atoms with Crippen LogP contribution in [0.15, 0.2) is 18.2 Å². The Kier molecular flexibility index (Phi) is 4.56. The molecular weight excluding hydrogens is 334 g/mol. The summed E-state index contributed by atoms with van der Waals surface area (Å²) in [6.07, 6.45) is 4.36. The van der Waals surface area contributed by atoms with Crippen molar-refractivity contribution in [1.29, 1.82) is 5.26 Å². The summed E-state index contributed by atoms with van der Waals surface area (Å²) in [5, 5.41) is 9.13. The molecule has 1 aromatic carbocycles. The van der Waals surface area contributed by atoms with Crippen LogP contribution >= 0.6 is 22.9 Å². The molecule has 1 heterocycles. The van der Waals surface area contributed by atoms with Crippen molar-refractivity contribution in [1.82, 2.24) is 0 Å². The van der Waals surface area contributed by atoms with Crippen molar-refractivity contribution in [2.75, 3.05) is 7.11 Å².